The largest absolute Gasteiger partial charge is 0.310 e. The van der Waals surface area contributed by atoms with Crippen molar-refractivity contribution in [1.29, 1.82) is 0 Å². The molecule has 0 spiro atoms. The van der Waals surface area contributed by atoms with Gasteiger partial charge in [-0.15, -0.1) is 0 Å². The van der Waals surface area contributed by atoms with Crippen molar-refractivity contribution in [1.82, 2.24) is 0 Å². The monoisotopic (exact) mass is 871 g/mol. The molecule has 0 atom stereocenters. The summed E-state index contributed by atoms with van der Waals surface area (Å²) in [5.41, 5.74) is 19.8. The van der Waals surface area contributed by atoms with Crippen LogP contribution in [0.5, 0.6) is 0 Å². The van der Waals surface area contributed by atoms with Crippen molar-refractivity contribution >= 4 is 45.9 Å². The highest BCUT2D eigenvalue weighted by atomic mass is 28.3. The van der Waals surface area contributed by atoms with E-state index in [9.17, 15) is 0 Å². The fourth-order valence-electron chi connectivity index (χ4n) is 12.7. The molecular weight excluding hydrogens is 823 g/mol. The summed E-state index contributed by atoms with van der Waals surface area (Å²) in [6, 6.07) is 92.2. The van der Waals surface area contributed by atoms with Gasteiger partial charge in [0.1, 0.15) is 0 Å². The highest BCUT2D eigenvalue weighted by Gasteiger charge is 2.50. The average molecular weight is 872 g/mol. The lowest BCUT2D eigenvalue weighted by molar-refractivity contribution is 0.660. The topological polar surface area (TPSA) is 3.24 Å². The summed E-state index contributed by atoms with van der Waals surface area (Å²) in [6.07, 6.45) is 0. The molecule has 0 N–H and O–H groups in total. The first-order valence-electron chi connectivity index (χ1n) is 23.7. The molecular formula is C65H49NSi. The third kappa shape index (κ3) is 5.54. The predicted octanol–water partition coefficient (Wildman–Crippen LogP) is 13.5. The van der Waals surface area contributed by atoms with Gasteiger partial charge in [0.25, 0.3) is 0 Å². The van der Waals surface area contributed by atoms with E-state index in [-0.39, 0.29) is 5.41 Å². The van der Waals surface area contributed by atoms with Gasteiger partial charge in [-0.25, -0.2) is 0 Å². The number of aryl methyl sites for hydroxylation is 1. The van der Waals surface area contributed by atoms with Crippen molar-refractivity contribution in [2.24, 2.45) is 0 Å². The number of anilines is 3. The van der Waals surface area contributed by atoms with E-state index in [0.29, 0.717) is 0 Å². The molecule has 0 fully saturated rings. The van der Waals surface area contributed by atoms with Crippen LogP contribution in [-0.2, 0) is 10.8 Å². The van der Waals surface area contributed by atoms with Crippen LogP contribution in [-0.4, -0.2) is 8.07 Å². The van der Waals surface area contributed by atoms with Crippen molar-refractivity contribution in [2.45, 2.75) is 31.6 Å². The van der Waals surface area contributed by atoms with Gasteiger partial charge in [0.2, 0.25) is 0 Å². The van der Waals surface area contributed by atoms with E-state index in [1.807, 2.05) is 0 Å². The minimum atomic E-state index is -2.82. The number of hydrogen-bond acceptors (Lipinski definition) is 1. The van der Waals surface area contributed by atoms with Crippen LogP contribution in [0, 0.1) is 6.92 Å². The molecule has 0 amide bonds. The molecule has 10 aromatic carbocycles. The van der Waals surface area contributed by atoms with Crippen LogP contribution in [0.4, 0.5) is 17.1 Å². The normalized spacial score (nSPS) is 14.9. The fourth-order valence-corrected chi connectivity index (χ4v) is 18.0. The van der Waals surface area contributed by atoms with Crippen LogP contribution in [0.25, 0.3) is 33.4 Å². The lowest BCUT2D eigenvalue weighted by Gasteiger charge is -2.36. The van der Waals surface area contributed by atoms with Crippen molar-refractivity contribution in [2.75, 3.05) is 4.90 Å². The number of rotatable bonds is 7. The molecule has 13 rings (SSSR count). The summed E-state index contributed by atoms with van der Waals surface area (Å²) >= 11 is 0. The smallest absolute Gasteiger partial charge is 0.180 e. The van der Waals surface area contributed by atoms with Crippen molar-refractivity contribution in [3.63, 3.8) is 0 Å². The molecule has 0 saturated heterocycles. The van der Waals surface area contributed by atoms with Gasteiger partial charge in [-0.1, -0.05) is 220 Å². The zero-order chi connectivity index (χ0) is 44.9. The van der Waals surface area contributed by atoms with Gasteiger partial charge in [-0.05, 0) is 136 Å². The summed E-state index contributed by atoms with van der Waals surface area (Å²) in [5.74, 6) is 0. The quantitative estimate of drug-likeness (QED) is 0.144. The van der Waals surface area contributed by atoms with Gasteiger partial charge in [-0.2, -0.15) is 0 Å². The van der Waals surface area contributed by atoms with E-state index in [0.717, 1.165) is 17.1 Å². The molecule has 318 valence electrons. The third-order valence-corrected chi connectivity index (χ3v) is 20.3. The molecule has 67 heavy (non-hydrogen) atoms. The molecule has 0 bridgehead atoms. The molecule has 2 heteroatoms. The second-order valence-electron chi connectivity index (χ2n) is 19.3. The van der Waals surface area contributed by atoms with E-state index in [1.165, 1.54) is 93.1 Å². The van der Waals surface area contributed by atoms with E-state index >= 15 is 0 Å². The van der Waals surface area contributed by atoms with Gasteiger partial charge in [0.05, 0.1) is 5.41 Å². The van der Waals surface area contributed by atoms with Gasteiger partial charge < -0.3 is 4.90 Å². The van der Waals surface area contributed by atoms with Crippen LogP contribution >= 0.6 is 0 Å². The Labute approximate surface area is 395 Å². The number of benzene rings is 10. The third-order valence-electron chi connectivity index (χ3n) is 15.4. The summed E-state index contributed by atoms with van der Waals surface area (Å²) in [5, 5.41) is 5.70. The number of hydrogen-bond donors (Lipinski definition) is 0. The zero-order valence-electron chi connectivity index (χ0n) is 38.0. The first-order valence-corrected chi connectivity index (χ1v) is 25.7. The summed E-state index contributed by atoms with van der Waals surface area (Å²) in [4.78, 5) is 2.57. The fraction of sp³-hybridized carbons (Fsp3) is 0.0769. The molecule has 10 aromatic rings. The molecule has 0 aromatic heterocycles. The highest BCUT2D eigenvalue weighted by Crippen LogP contribution is 2.58. The van der Waals surface area contributed by atoms with E-state index in [4.69, 9.17) is 0 Å². The lowest BCUT2D eigenvalue weighted by atomic mass is 9.67. The summed E-state index contributed by atoms with van der Waals surface area (Å²) < 4.78 is 0. The Morgan fingerprint density at radius 1 is 0.328 bits per heavy atom. The van der Waals surface area contributed by atoms with Crippen LogP contribution in [0.15, 0.2) is 243 Å². The molecule has 2 aliphatic carbocycles. The maximum atomic E-state index is 2.57. The Hall–Kier alpha value is -7.78. The van der Waals surface area contributed by atoms with Crippen LogP contribution in [0.2, 0.25) is 0 Å². The van der Waals surface area contributed by atoms with E-state index in [2.05, 4.69) is 268 Å². The standard InChI is InChI=1S/C65H49NSi/c1-44-39-49(41-51(40-44)67(50-25-11-6-12-26-50)62-33-19-15-29-56(62)57-30-16-20-34-63(57)67)66(47-35-37-54-52-27-13-17-31-58(52)64(2,3)60(54)42-47)48-36-38-55-53-28-14-18-32-59(53)65(61(55)43-48,45-21-7-4-8-22-45)46-23-9-5-10-24-46/h4-43H,1-3H3. The molecule has 1 nitrogen and oxygen atoms in total. The molecule has 0 radical (unpaired) electrons. The first-order chi connectivity index (χ1) is 32.9. The lowest BCUT2D eigenvalue weighted by Crippen LogP contribution is -2.72. The molecule has 1 heterocycles. The van der Waals surface area contributed by atoms with Crippen molar-refractivity contribution in [3.8, 4) is 33.4 Å². The second-order valence-corrected chi connectivity index (χ2v) is 23.0. The second kappa shape index (κ2) is 14.9. The van der Waals surface area contributed by atoms with Crippen molar-refractivity contribution in [3.05, 3.63) is 282 Å². The maximum Gasteiger partial charge on any atom is 0.180 e. The highest BCUT2D eigenvalue weighted by molar-refractivity contribution is 7.22. The molecule has 1 aliphatic heterocycles. The molecule has 3 aliphatic rings. The Morgan fingerprint density at radius 2 is 0.776 bits per heavy atom. The average Bonchev–Trinajstić information content (AvgIpc) is 3.94. The first kappa shape index (κ1) is 39.6. The Morgan fingerprint density at radius 3 is 1.37 bits per heavy atom. The van der Waals surface area contributed by atoms with Gasteiger partial charge in [0, 0.05) is 22.5 Å². The Bertz CT molecular complexity index is 3490. The van der Waals surface area contributed by atoms with Gasteiger partial charge in [0.15, 0.2) is 8.07 Å². The van der Waals surface area contributed by atoms with Crippen LogP contribution in [0.3, 0.4) is 0 Å². The Balaban J connectivity index is 1.10. The molecule has 0 unspecified atom stereocenters. The Kier molecular flexibility index (Phi) is 8.78. The van der Waals surface area contributed by atoms with Crippen LogP contribution in [0.1, 0.15) is 52.8 Å². The van der Waals surface area contributed by atoms with Gasteiger partial charge in [-0.3, -0.25) is 0 Å². The van der Waals surface area contributed by atoms with E-state index in [1.54, 1.807) is 0 Å². The number of fused-ring (bicyclic) bond motifs is 9. The zero-order valence-corrected chi connectivity index (χ0v) is 39.0. The summed E-state index contributed by atoms with van der Waals surface area (Å²) in [7, 11) is -2.82. The van der Waals surface area contributed by atoms with Crippen LogP contribution < -0.4 is 25.6 Å². The SMILES string of the molecule is Cc1cc(N(c2ccc3c(c2)C(C)(C)c2ccccc2-3)c2ccc3c(c2)C(c2ccccc2)(c2ccccc2)c2ccccc2-3)cc([Si]2(c3ccccc3)c3ccccc3-c3ccccc32)c1. The van der Waals surface area contributed by atoms with E-state index < -0.39 is 13.5 Å². The molecule has 0 saturated carbocycles. The van der Waals surface area contributed by atoms with Crippen molar-refractivity contribution < 1.29 is 0 Å². The maximum absolute atomic E-state index is 2.82. The summed E-state index contributed by atoms with van der Waals surface area (Å²) in [6.45, 7) is 7.07. The van der Waals surface area contributed by atoms with Gasteiger partial charge >= 0.3 is 0 Å². The number of nitrogens with zero attached hydrogens (tertiary/aromatic N) is 1. The minimum Gasteiger partial charge on any atom is -0.310 e. The predicted molar refractivity (Wildman–Crippen MR) is 283 cm³/mol. The minimum absolute atomic E-state index is 0.164.